The Labute approximate surface area is 122 Å². The average molecular weight is 317 g/mol. The second-order valence-corrected chi connectivity index (χ2v) is 6.87. The Bertz CT molecular complexity index is 677. The van der Waals surface area contributed by atoms with E-state index in [1.165, 1.54) is 32.0 Å². The van der Waals surface area contributed by atoms with Gasteiger partial charge in [-0.15, -0.1) is 0 Å². The summed E-state index contributed by atoms with van der Waals surface area (Å²) in [6.45, 7) is 2.91. The molecule has 0 spiro atoms. The first kappa shape index (κ1) is 16.4. The van der Waals surface area contributed by atoms with E-state index < -0.39 is 21.5 Å². The van der Waals surface area contributed by atoms with Crippen LogP contribution < -0.4 is 4.72 Å². The number of nitriles is 1. The molecule has 1 aromatic rings. The van der Waals surface area contributed by atoms with Crippen molar-refractivity contribution in [3.63, 3.8) is 0 Å². The van der Waals surface area contributed by atoms with Gasteiger partial charge < -0.3 is 5.11 Å². The molecule has 0 radical (unpaired) electrons. The summed E-state index contributed by atoms with van der Waals surface area (Å²) in [6, 6.07) is 5.61. The summed E-state index contributed by atoms with van der Waals surface area (Å²) in [4.78, 5) is 10.5. The van der Waals surface area contributed by atoms with Crippen LogP contribution in [0.15, 0.2) is 23.1 Å². The smallest absolute Gasteiger partial charge is 0.305 e. The Kier molecular flexibility index (Phi) is 4.76. The van der Waals surface area contributed by atoms with Gasteiger partial charge in [-0.05, 0) is 32.0 Å². The van der Waals surface area contributed by atoms with Gasteiger partial charge in [0.1, 0.15) is 4.90 Å². The Morgan fingerprint density at radius 1 is 1.50 bits per heavy atom. The summed E-state index contributed by atoms with van der Waals surface area (Å²) in [6.07, 6.45) is -0.375. The highest BCUT2D eigenvalue weighted by Gasteiger charge is 2.29. The molecule has 2 N–H and O–H groups in total. The summed E-state index contributed by atoms with van der Waals surface area (Å²) in [7, 11) is -3.97. The van der Waals surface area contributed by atoms with Gasteiger partial charge in [-0.3, -0.25) is 4.79 Å². The Morgan fingerprint density at radius 3 is 2.55 bits per heavy atom. The summed E-state index contributed by atoms with van der Waals surface area (Å²) < 4.78 is 26.6. The molecule has 1 aromatic carbocycles. The number of nitrogens with one attached hydrogen (secondary N) is 1. The van der Waals surface area contributed by atoms with Crippen LogP contribution in [0.5, 0.6) is 0 Å². The first-order chi connectivity index (χ1) is 9.07. The van der Waals surface area contributed by atoms with Crippen LogP contribution in [0.1, 0.15) is 25.8 Å². The summed E-state index contributed by atoms with van der Waals surface area (Å²) in [5.74, 6) is -1.12. The number of carboxylic acids is 1. The van der Waals surface area contributed by atoms with E-state index in [-0.39, 0.29) is 21.9 Å². The molecular formula is C12H13ClN2O4S. The first-order valence-corrected chi connectivity index (χ1v) is 7.39. The highest BCUT2D eigenvalue weighted by atomic mass is 35.5. The number of aliphatic carboxylic acids is 1. The van der Waals surface area contributed by atoms with Crippen LogP contribution in [-0.4, -0.2) is 25.0 Å². The number of hydrogen-bond acceptors (Lipinski definition) is 4. The van der Waals surface area contributed by atoms with Crippen LogP contribution in [-0.2, 0) is 14.8 Å². The van der Waals surface area contributed by atoms with Gasteiger partial charge in [-0.2, -0.15) is 5.26 Å². The molecule has 0 bridgehead atoms. The third-order valence-corrected chi connectivity index (χ3v) is 4.54. The van der Waals surface area contributed by atoms with E-state index in [1.54, 1.807) is 0 Å². The molecule has 0 aliphatic heterocycles. The molecule has 0 saturated heterocycles. The van der Waals surface area contributed by atoms with E-state index in [0.29, 0.717) is 0 Å². The largest absolute Gasteiger partial charge is 0.481 e. The van der Waals surface area contributed by atoms with E-state index in [0.717, 1.165) is 0 Å². The molecule has 0 aliphatic rings. The van der Waals surface area contributed by atoms with Crippen molar-refractivity contribution in [3.05, 3.63) is 28.8 Å². The maximum atomic E-state index is 12.2. The molecule has 0 aromatic heterocycles. The van der Waals surface area contributed by atoms with Gasteiger partial charge in [0.25, 0.3) is 0 Å². The second-order valence-electron chi connectivity index (χ2n) is 4.82. The first-order valence-electron chi connectivity index (χ1n) is 5.53. The predicted molar refractivity (Wildman–Crippen MR) is 72.8 cm³/mol. The molecule has 0 saturated carbocycles. The lowest BCUT2D eigenvalue weighted by atomic mass is 10.0. The molecule has 0 atom stereocenters. The summed E-state index contributed by atoms with van der Waals surface area (Å²) >= 11 is 5.84. The molecule has 108 valence electrons. The van der Waals surface area contributed by atoms with Crippen molar-refractivity contribution in [1.82, 2.24) is 4.72 Å². The molecule has 20 heavy (non-hydrogen) atoms. The zero-order valence-corrected chi connectivity index (χ0v) is 12.4. The van der Waals surface area contributed by atoms with E-state index in [1.807, 2.05) is 6.07 Å². The van der Waals surface area contributed by atoms with Crippen molar-refractivity contribution >= 4 is 27.6 Å². The van der Waals surface area contributed by atoms with Gasteiger partial charge in [0.2, 0.25) is 10.0 Å². The average Bonchev–Trinajstić information content (AvgIpc) is 2.24. The van der Waals surface area contributed by atoms with Crippen molar-refractivity contribution in [2.45, 2.75) is 30.7 Å². The van der Waals surface area contributed by atoms with E-state index in [4.69, 9.17) is 22.0 Å². The minimum atomic E-state index is -3.97. The standard InChI is InChI=1S/C12H13ClN2O4S/c1-12(2,6-11(16)17)15-20(18,19)10-4-3-8(7-14)5-9(10)13/h3-5,15H,6H2,1-2H3,(H,16,17). The van der Waals surface area contributed by atoms with Crippen molar-refractivity contribution < 1.29 is 18.3 Å². The number of carboxylic acid groups (broad SMARTS) is 1. The van der Waals surface area contributed by atoms with Crippen molar-refractivity contribution in [1.29, 1.82) is 5.26 Å². The molecule has 6 nitrogen and oxygen atoms in total. The molecule has 1 rings (SSSR count). The minimum Gasteiger partial charge on any atom is -0.481 e. The second kappa shape index (κ2) is 5.79. The van der Waals surface area contributed by atoms with Crippen LogP contribution in [0.4, 0.5) is 0 Å². The number of nitrogens with zero attached hydrogens (tertiary/aromatic N) is 1. The lowest BCUT2D eigenvalue weighted by molar-refractivity contribution is -0.138. The Hall–Kier alpha value is -1.62. The third kappa shape index (κ3) is 4.20. The molecule has 0 aliphatic carbocycles. The fraction of sp³-hybridized carbons (Fsp3) is 0.333. The summed E-state index contributed by atoms with van der Waals surface area (Å²) in [5, 5.41) is 17.4. The zero-order valence-electron chi connectivity index (χ0n) is 10.8. The van der Waals surface area contributed by atoms with E-state index >= 15 is 0 Å². The quantitative estimate of drug-likeness (QED) is 0.860. The molecular weight excluding hydrogens is 304 g/mol. The monoisotopic (exact) mass is 316 g/mol. The SMILES string of the molecule is CC(C)(CC(=O)O)NS(=O)(=O)c1ccc(C#N)cc1Cl. The van der Waals surface area contributed by atoms with Gasteiger partial charge in [0.15, 0.2) is 0 Å². The van der Waals surface area contributed by atoms with Crippen molar-refractivity contribution in [2.75, 3.05) is 0 Å². The highest BCUT2D eigenvalue weighted by Crippen LogP contribution is 2.24. The Balaban J connectivity index is 3.12. The van der Waals surface area contributed by atoms with Crippen LogP contribution in [0.2, 0.25) is 5.02 Å². The number of hydrogen-bond donors (Lipinski definition) is 2. The lowest BCUT2D eigenvalue weighted by Crippen LogP contribution is -2.44. The predicted octanol–water partition coefficient (Wildman–Crippen LogP) is 1.74. The molecule has 8 heteroatoms. The minimum absolute atomic E-state index is 0.0947. The van der Waals surface area contributed by atoms with Crippen LogP contribution >= 0.6 is 11.6 Å². The summed E-state index contributed by atoms with van der Waals surface area (Å²) in [5.41, 5.74) is -0.930. The molecule has 0 unspecified atom stereocenters. The fourth-order valence-electron chi connectivity index (χ4n) is 1.62. The Morgan fingerprint density at radius 2 is 2.10 bits per heavy atom. The van der Waals surface area contributed by atoms with E-state index in [2.05, 4.69) is 4.72 Å². The van der Waals surface area contributed by atoms with Gasteiger partial charge in [-0.1, -0.05) is 11.6 Å². The maximum Gasteiger partial charge on any atom is 0.305 e. The lowest BCUT2D eigenvalue weighted by Gasteiger charge is -2.24. The topological polar surface area (TPSA) is 107 Å². The van der Waals surface area contributed by atoms with Gasteiger partial charge in [-0.25, -0.2) is 13.1 Å². The molecule has 0 amide bonds. The number of benzene rings is 1. The van der Waals surface area contributed by atoms with Gasteiger partial charge in [0, 0.05) is 5.54 Å². The molecule has 0 heterocycles. The van der Waals surface area contributed by atoms with Crippen LogP contribution in [0.3, 0.4) is 0 Å². The normalized spacial score (nSPS) is 11.9. The molecule has 0 fully saturated rings. The number of halogens is 1. The maximum absolute atomic E-state index is 12.2. The van der Waals surface area contributed by atoms with Crippen LogP contribution in [0, 0.1) is 11.3 Å². The number of carbonyl (C=O) groups is 1. The zero-order chi connectivity index (χ0) is 15.6. The highest BCUT2D eigenvalue weighted by molar-refractivity contribution is 7.89. The van der Waals surface area contributed by atoms with Gasteiger partial charge >= 0.3 is 5.97 Å². The fourth-order valence-corrected chi connectivity index (χ4v) is 3.58. The number of rotatable bonds is 5. The third-order valence-electron chi connectivity index (χ3n) is 2.35. The van der Waals surface area contributed by atoms with E-state index in [9.17, 15) is 13.2 Å². The van der Waals surface area contributed by atoms with Gasteiger partial charge in [0.05, 0.1) is 23.1 Å². The van der Waals surface area contributed by atoms with Crippen molar-refractivity contribution in [2.24, 2.45) is 0 Å². The van der Waals surface area contributed by atoms with Crippen LogP contribution in [0.25, 0.3) is 0 Å². The number of sulfonamides is 1. The van der Waals surface area contributed by atoms with Crippen molar-refractivity contribution in [3.8, 4) is 6.07 Å².